The third-order valence-electron chi connectivity index (χ3n) is 7.14. The van der Waals surface area contributed by atoms with Gasteiger partial charge in [0.1, 0.15) is 11.3 Å². The summed E-state index contributed by atoms with van der Waals surface area (Å²) in [6, 6.07) is -0.0272. The quantitative estimate of drug-likeness (QED) is 0.824. The zero-order valence-electron chi connectivity index (χ0n) is 17.9. The van der Waals surface area contributed by atoms with Crippen molar-refractivity contribution < 1.29 is 14.1 Å². The topological polar surface area (TPSA) is 93.4 Å². The standard InChI is InChI=1S/C22H29N5O3/c1-12-16-5-4-6-18(16)26-22(24-12)27-10-14-7-19(20(29-3)8-15(14)11-27)25-21(28)17-9-23-30-13(17)2/h9,14-15,19-20H,4-8,10-11H2,1-3H3,(H,25,28)/t14-,15+,19-,20-/m0/s1. The van der Waals surface area contributed by atoms with E-state index < -0.39 is 0 Å². The van der Waals surface area contributed by atoms with E-state index in [9.17, 15) is 4.79 Å². The van der Waals surface area contributed by atoms with Gasteiger partial charge in [0.15, 0.2) is 0 Å². The number of aryl methyl sites for hydroxylation is 3. The summed E-state index contributed by atoms with van der Waals surface area (Å²) in [6.07, 6.45) is 6.64. The second-order valence-electron chi connectivity index (χ2n) is 8.93. The zero-order valence-corrected chi connectivity index (χ0v) is 17.9. The van der Waals surface area contributed by atoms with Crippen LogP contribution in [0.2, 0.25) is 0 Å². The van der Waals surface area contributed by atoms with Crippen LogP contribution >= 0.6 is 0 Å². The Bertz CT molecular complexity index is 958. The summed E-state index contributed by atoms with van der Waals surface area (Å²) in [5.41, 5.74) is 4.20. The van der Waals surface area contributed by atoms with Crippen molar-refractivity contribution in [3.05, 3.63) is 34.5 Å². The van der Waals surface area contributed by atoms with E-state index in [1.165, 1.54) is 23.9 Å². The van der Waals surface area contributed by atoms with Gasteiger partial charge < -0.3 is 19.5 Å². The van der Waals surface area contributed by atoms with Crippen molar-refractivity contribution in [3.8, 4) is 0 Å². The van der Waals surface area contributed by atoms with Crippen LogP contribution in [0.3, 0.4) is 0 Å². The van der Waals surface area contributed by atoms with E-state index in [1.807, 2.05) is 0 Å². The molecule has 3 heterocycles. The summed E-state index contributed by atoms with van der Waals surface area (Å²) in [7, 11) is 1.73. The van der Waals surface area contributed by atoms with Crippen LogP contribution in [0.4, 0.5) is 5.95 Å². The van der Waals surface area contributed by atoms with Crippen molar-refractivity contribution in [1.29, 1.82) is 0 Å². The van der Waals surface area contributed by atoms with Crippen molar-refractivity contribution in [2.75, 3.05) is 25.1 Å². The molecule has 8 heteroatoms. The summed E-state index contributed by atoms with van der Waals surface area (Å²) in [5.74, 6) is 2.27. The van der Waals surface area contributed by atoms with Gasteiger partial charge in [0, 0.05) is 31.6 Å². The van der Waals surface area contributed by atoms with Gasteiger partial charge in [0.25, 0.3) is 5.91 Å². The molecule has 8 nitrogen and oxygen atoms in total. The van der Waals surface area contributed by atoms with Crippen LogP contribution < -0.4 is 10.2 Å². The number of amides is 1. The number of ether oxygens (including phenoxy) is 1. The maximum absolute atomic E-state index is 12.7. The van der Waals surface area contributed by atoms with Gasteiger partial charge in [-0.15, -0.1) is 0 Å². The van der Waals surface area contributed by atoms with E-state index in [4.69, 9.17) is 19.2 Å². The first kappa shape index (κ1) is 19.5. The van der Waals surface area contributed by atoms with E-state index >= 15 is 0 Å². The van der Waals surface area contributed by atoms with E-state index in [0.717, 1.165) is 50.4 Å². The molecule has 30 heavy (non-hydrogen) atoms. The minimum atomic E-state index is -0.147. The number of carbonyl (C=O) groups is 1. The molecule has 0 bridgehead atoms. The fourth-order valence-electron chi connectivity index (χ4n) is 5.50. The minimum absolute atomic E-state index is 0.00186. The lowest BCUT2D eigenvalue weighted by Crippen LogP contribution is -2.50. The first-order chi connectivity index (χ1) is 14.5. The van der Waals surface area contributed by atoms with E-state index in [-0.39, 0.29) is 18.1 Å². The Morgan fingerprint density at radius 1 is 1.20 bits per heavy atom. The fourth-order valence-corrected chi connectivity index (χ4v) is 5.50. The van der Waals surface area contributed by atoms with Crippen molar-refractivity contribution >= 4 is 11.9 Å². The third-order valence-corrected chi connectivity index (χ3v) is 7.14. The van der Waals surface area contributed by atoms with Gasteiger partial charge in [-0.25, -0.2) is 9.97 Å². The van der Waals surface area contributed by atoms with Gasteiger partial charge in [-0.1, -0.05) is 5.16 Å². The van der Waals surface area contributed by atoms with Crippen molar-refractivity contribution in [1.82, 2.24) is 20.4 Å². The lowest BCUT2D eigenvalue weighted by molar-refractivity contribution is 0.0125. The number of aromatic nitrogens is 3. The molecule has 1 N–H and O–H groups in total. The van der Waals surface area contributed by atoms with Gasteiger partial charge in [-0.05, 0) is 63.4 Å². The number of hydrogen-bond donors (Lipinski definition) is 1. The van der Waals surface area contributed by atoms with Gasteiger partial charge in [-0.3, -0.25) is 4.79 Å². The van der Waals surface area contributed by atoms with Gasteiger partial charge in [0.05, 0.1) is 18.3 Å². The third kappa shape index (κ3) is 3.37. The van der Waals surface area contributed by atoms with Gasteiger partial charge in [-0.2, -0.15) is 0 Å². The molecule has 2 fully saturated rings. The number of hydrogen-bond acceptors (Lipinski definition) is 7. The Hall–Kier alpha value is -2.48. The molecule has 0 spiro atoms. The van der Waals surface area contributed by atoms with Crippen LogP contribution in [0.25, 0.3) is 0 Å². The number of anilines is 1. The maximum atomic E-state index is 12.7. The fraction of sp³-hybridized carbons (Fsp3) is 0.636. The predicted octanol–water partition coefficient (Wildman–Crippen LogP) is 2.23. The average Bonchev–Trinajstić information content (AvgIpc) is 3.45. The molecule has 5 rings (SSSR count). The molecule has 4 atom stereocenters. The summed E-state index contributed by atoms with van der Waals surface area (Å²) in [5, 5.41) is 6.88. The first-order valence-corrected chi connectivity index (χ1v) is 10.9. The van der Waals surface area contributed by atoms with Crippen LogP contribution in [-0.4, -0.2) is 53.4 Å². The van der Waals surface area contributed by atoms with Crippen LogP contribution in [0, 0.1) is 25.7 Å². The molecule has 0 radical (unpaired) electrons. The number of methoxy groups -OCH3 is 1. The van der Waals surface area contributed by atoms with Crippen LogP contribution in [-0.2, 0) is 17.6 Å². The normalized spacial score (nSPS) is 27.8. The molecule has 0 aromatic carbocycles. The molecule has 3 aliphatic rings. The monoisotopic (exact) mass is 411 g/mol. The second kappa shape index (κ2) is 7.65. The summed E-state index contributed by atoms with van der Waals surface area (Å²) >= 11 is 0. The minimum Gasteiger partial charge on any atom is -0.379 e. The van der Waals surface area contributed by atoms with Crippen molar-refractivity contribution in [3.63, 3.8) is 0 Å². The van der Waals surface area contributed by atoms with Crippen molar-refractivity contribution in [2.24, 2.45) is 11.8 Å². The van der Waals surface area contributed by atoms with Gasteiger partial charge >= 0.3 is 0 Å². The predicted molar refractivity (Wildman–Crippen MR) is 111 cm³/mol. The lowest BCUT2D eigenvalue weighted by Gasteiger charge is -2.37. The highest BCUT2D eigenvalue weighted by Crippen LogP contribution is 2.39. The Balaban J connectivity index is 1.30. The summed E-state index contributed by atoms with van der Waals surface area (Å²) < 4.78 is 10.8. The SMILES string of the molecule is CO[C@H]1C[C@@H]2CN(c3nc(C)c4c(n3)CCC4)C[C@@H]2C[C@@H]1NC(=O)c1cnoc1C. The Morgan fingerprint density at radius 2 is 2.00 bits per heavy atom. The number of rotatable bonds is 4. The molecule has 0 unspecified atom stereocenters. The molecule has 2 aliphatic carbocycles. The Kier molecular flexibility index (Phi) is 4.97. The van der Waals surface area contributed by atoms with E-state index in [1.54, 1.807) is 14.0 Å². The smallest absolute Gasteiger partial charge is 0.256 e. The largest absolute Gasteiger partial charge is 0.379 e. The Labute approximate surface area is 176 Å². The Morgan fingerprint density at radius 3 is 2.73 bits per heavy atom. The highest BCUT2D eigenvalue weighted by Gasteiger charge is 2.44. The second-order valence-corrected chi connectivity index (χ2v) is 8.93. The van der Waals surface area contributed by atoms with E-state index in [2.05, 4.69) is 22.3 Å². The summed E-state index contributed by atoms with van der Waals surface area (Å²) in [6.45, 7) is 5.74. The lowest BCUT2D eigenvalue weighted by atomic mass is 9.77. The zero-order chi connectivity index (χ0) is 20.8. The molecule has 1 saturated heterocycles. The molecule has 160 valence electrons. The molecule has 1 aliphatic heterocycles. The molecular weight excluding hydrogens is 382 g/mol. The average molecular weight is 412 g/mol. The number of fused-ring (bicyclic) bond motifs is 2. The number of nitrogens with zero attached hydrogens (tertiary/aromatic N) is 4. The molecular formula is C22H29N5O3. The van der Waals surface area contributed by atoms with Crippen LogP contribution in [0.1, 0.15) is 52.3 Å². The number of carbonyl (C=O) groups excluding carboxylic acids is 1. The molecule has 2 aromatic heterocycles. The molecule has 1 amide bonds. The summed E-state index contributed by atoms with van der Waals surface area (Å²) in [4.78, 5) is 24.8. The van der Waals surface area contributed by atoms with Crippen LogP contribution in [0.15, 0.2) is 10.7 Å². The molecule has 1 saturated carbocycles. The molecule has 2 aromatic rings. The first-order valence-electron chi connectivity index (χ1n) is 10.9. The highest BCUT2D eigenvalue weighted by molar-refractivity contribution is 5.94. The van der Waals surface area contributed by atoms with Crippen LogP contribution in [0.5, 0.6) is 0 Å². The number of nitrogens with one attached hydrogen (secondary N) is 1. The highest BCUT2D eigenvalue weighted by atomic mass is 16.5. The van der Waals surface area contributed by atoms with Gasteiger partial charge in [0.2, 0.25) is 5.95 Å². The maximum Gasteiger partial charge on any atom is 0.256 e. The van der Waals surface area contributed by atoms with E-state index in [0.29, 0.717) is 23.2 Å². The van der Waals surface area contributed by atoms with Crippen molar-refractivity contribution in [2.45, 2.75) is 58.1 Å².